The maximum atomic E-state index is 12.5. The number of carbonyl (C=O) groups excluding carboxylic acids is 2. The van der Waals surface area contributed by atoms with Gasteiger partial charge in [-0.3, -0.25) is 9.69 Å². The zero-order valence-electron chi connectivity index (χ0n) is 15.1. The molecule has 0 bridgehead atoms. The molecule has 2 aromatic rings. The Balaban J connectivity index is 1.52. The fourth-order valence-corrected chi connectivity index (χ4v) is 3.19. The summed E-state index contributed by atoms with van der Waals surface area (Å²) < 4.78 is 5.28. The van der Waals surface area contributed by atoms with E-state index in [1.807, 2.05) is 60.7 Å². The van der Waals surface area contributed by atoms with Crippen molar-refractivity contribution in [2.24, 2.45) is 0 Å². The molecule has 142 valence electrons. The molecule has 0 aromatic heterocycles. The highest BCUT2D eigenvalue weighted by molar-refractivity contribution is 5.86. The number of aliphatic hydroxyl groups excluding tert-OH is 1. The number of hydrogen-bond donors (Lipinski definition) is 2. The summed E-state index contributed by atoms with van der Waals surface area (Å²) in [6.45, 7) is 0.577. The highest BCUT2D eigenvalue weighted by atomic mass is 16.6. The van der Waals surface area contributed by atoms with Gasteiger partial charge in [0.15, 0.2) is 0 Å². The Morgan fingerprint density at radius 3 is 2.30 bits per heavy atom. The minimum absolute atomic E-state index is 0.102. The van der Waals surface area contributed by atoms with Crippen molar-refractivity contribution in [3.05, 3.63) is 71.8 Å². The number of carbonyl (C=O) groups is 2. The molecule has 6 nitrogen and oxygen atoms in total. The zero-order chi connectivity index (χ0) is 19.1. The highest BCUT2D eigenvalue weighted by Crippen LogP contribution is 2.24. The quantitative estimate of drug-likeness (QED) is 0.821. The summed E-state index contributed by atoms with van der Waals surface area (Å²) in [5.74, 6) is -0.265. The van der Waals surface area contributed by atoms with E-state index in [4.69, 9.17) is 4.74 Å². The van der Waals surface area contributed by atoms with Gasteiger partial charge in [-0.05, 0) is 30.4 Å². The molecule has 0 spiro atoms. The van der Waals surface area contributed by atoms with Gasteiger partial charge in [-0.15, -0.1) is 0 Å². The standard InChI is InChI=1S/C21H24N2O4/c24-19-12-11-18(20(25)22-14-13-16-7-3-1-4-8-16)23(19)21(26)27-15-17-9-5-2-6-10-17/h1-10,18-19,24H,11-15H2,(H,22,25)/t18-,19?/m0/s1. The van der Waals surface area contributed by atoms with Crippen LogP contribution in [0.15, 0.2) is 60.7 Å². The van der Waals surface area contributed by atoms with Crippen molar-refractivity contribution in [1.29, 1.82) is 0 Å². The largest absolute Gasteiger partial charge is 0.444 e. The molecule has 1 heterocycles. The first-order valence-corrected chi connectivity index (χ1v) is 9.14. The van der Waals surface area contributed by atoms with Gasteiger partial charge in [0, 0.05) is 6.54 Å². The van der Waals surface area contributed by atoms with Gasteiger partial charge in [-0.1, -0.05) is 60.7 Å². The molecule has 1 fully saturated rings. The molecule has 1 unspecified atom stereocenters. The SMILES string of the molecule is O=C(NCCc1ccccc1)[C@@H]1CCC(O)N1C(=O)OCc1ccccc1. The molecular formula is C21H24N2O4. The molecule has 3 rings (SSSR count). The molecule has 27 heavy (non-hydrogen) atoms. The molecule has 2 amide bonds. The van der Waals surface area contributed by atoms with Crippen molar-refractivity contribution in [3.63, 3.8) is 0 Å². The topological polar surface area (TPSA) is 78.9 Å². The summed E-state index contributed by atoms with van der Waals surface area (Å²) >= 11 is 0. The van der Waals surface area contributed by atoms with Crippen LogP contribution in [0.2, 0.25) is 0 Å². The van der Waals surface area contributed by atoms with Crippen LogP contribution in [-0.4, -0.2) is 40.8 Å². The Hall–Kier alpha value is -2.86. The van der Waals surface area contributed by atoms with E-state index in [0.29, 0.717) is 25.8 Å². The number of amides is 2. The van der Waals surface area contributed by atoms with Crippen LogP contribution in [0, 0.1) is 0 Å². The summed E-state index contributed by atoms with van der Waals surface area (Å²) in [7, 11) is 0. The molecule has 1 aliphatic rings. The lowest BCUT2D eigenvalue weighted by molar-refractivity contribution is -0.127. The number of benzene rings is 2. The lowest BCUT2D eigenvalue weighted by Gasteiger charge is -2.26. The Morgan fingerprint density at radius 2 is 1.63 bits per heavy atom. The fraction of sp³-hybridized carbons (Fsp3) is 0.333. The second kappa shape index (κ2) is 9.19. The Kier molecular flexibility index (Phi) is 6.44. The van der Waals surface area contributed by atoms with E-state index in [-0.39, 0.29) is 12.5 Å². The number of nitrogens with zero attached hydrogens (tertiary/aromatic N) is 1. The molecule has 6 heteroatoms. The Morgan fingerprint density at radius 1 is 1.00 bits per heavy atom. The van der Waals surface area contributed by atoms with Crippen molar-refractivity contribution < 1.29 is 19.4 Å². The summed E-state index contributed by atoms with van der Waals surface area (Å²) in [6.07, 6.45) is -0.193. The van der Waals surface area contributed by atoms with Gasteiger partial charge < -0.3 is 15.2 Å². The van der Waals surface area contributed by atoms with Crippen molar-refractivity contribution >= 4 is 12.0 Å². The van der Waals surface area contributed by atoms with E-state index in [0.717, 1.165) is 16.0 Å². The van der Waals surface area contributed by atoms with Crippen LogP contribution in [-0.2, 0) is 22.6 Å². The lowest BCUT2D eigenvalue weighted by atomic mass is 10.1. The maximum Gasteiger partial charge on any atom is 0.412 e. The van der Waals surface area contributed by atoms with Gasteiger partial charge in [-0.2, -0.15) is 0 Å². The van der Waals surface area contributed by atoms with Gasteiger partial charge in [0.25, 0.3) is 0 Å². The lowest BCUT2D eigenvalue weighted by Crippen LogP contribution is -2.49. The van der Waals surface area contributed by atoms with E-state index < -0.39 is 18.4 Å². The monoisotopic (exact) mass is 368 g/mol. The molecule has 2 atom stereocenters. The van der Waals surface area contributed by atoms with Crippen molar-refractivity contribution in [2.75, 3.05) is 6.54 Å². The molecule has 2 aromatic carbocycles. The predicted molar refractivity (Wildman–Crippen MR) is 101 cm³/mol. The average Bonchev–Trinajstić information content (AvgIpc) is 3.09. The van der Waals surface area contributed by atoms with Crippen molar-refractivity contribution in [1.82, 2.24) is 10.2 Å². The van der Waals surface area contributed by atoms with E-state index in [1.54, 1.807) is 0 Å². The van der Waals surface area contributed by atoms with E-state index in [2.05, 4.69) is 5.32 Å². The normalized spacial score (nSPS) is 18.9. The van der Waals surface area contributed by atoms with Gasteiger partial charge in [-0.25, -0.2) is 4.79 Å². The van der Waals surface area contributed by atoms with Gasteiger partial charge in [0.1, 0.15) is 18.9 Å². The summed E-state index contributed by atoms with van der Waals surface area (Å²) in [6, 6.07) is 18.4. The third-order valence-electron chi connectivity index (χ3n) is 4.63. The third kappa shape index (κ3) is 5.08. The minimum atomic E-state index is -1.00. The maximum absolute atomic E-state index is 12.5. The van der Waals surface area contributed by atoms with Crippen LogP contribution >= 0.6 is 0 Å². The van der Waals surface area contributed by atoms with Crippen LogP contribution in [0.3, 0.4) is 0 Å². The number of hydrogen-bond acceptors (Lipinski definition) is 4. The molecule has 0 radical (unpaired) electrons. The van der Waals surface area contributed by atoms with Crippen LogP contribution in [0.25, 0.3) is 0 Å². The molecule has 0 aliphatic carbocycles. The van der Waals surface area contributed by atoms with Crippen molar-refractivity contribution in [2.45, 2.75) is 38.1 Å². The number of ether oxygens (including phenoxy) is 1. The second-order valence-electron chi connectivity index (χ2n) is 6.55. The highest BCUT2D eigenvalue weighted by Gasteiger charge is 2.41. The second-order valence-corrected chi connectivity index (χ2v) is 6.55. The first kappa shape index (κ1) is 18.9. The molecule has 1 saturated heterocycles. The van der Waals surface area contributed by atoms with Crippen LogP contribution in [0.4, 0.5) is 4.79 Å². The smallest absolute Gasteiger partial charge is 0.412 e. The Bertz CT molecular complexity index is 751. The van der Waals surface area contributed by atoms with Crippen LogP contribution < -0.4 is 5.32 Å². The number of nitrogens with one attached hydrogen (secondary N) is 1. The molecule has 1 aliphatic heterocycles. The predicted octanol–water partition coefficient (Wildman–Crippen LogP) is 2.46. The van der Waals surface area contributed by atoms with Gasteiger partial charge in [0.05, 0.1) is 0 Å². The summed E-state index contributed by atoms with van der Waals surface area (Å²) in [5.41, 5.74) is 1.98. The number of rotatable bonds is 6. The van der Waals surface area contributed by atoms with Crippen LogP contribution in [0.1, 0.15) is 24.0 Å². The van der Waals surface area contributed by atoms with Gasteiger partial charge in [0.2, 0.25) is 5.91 Å². The number of aliphatic hydroxyl groups is 1. The molecule has 0 saturated carbocycles. The zero-order valence-corrected chi connectivity index (χ0v) is 15.1. The van der Waals surface area contributed by atoms with Crippen LogP contribution in [0.5, 0.6) is 0 Å². The average molecular weight is 368 g/mol. The Labute approximate surface area is 158 Å². The summed E-state index contributed by atoms with van der Waals surface area (Å²) in [4.78, 5) is 26.0. The minimum Gasteiger partial charge on any atom is -0.444 e. The third-order valence-corrected chi connectivity index (χ3v) is 4.63. The van der Waals surface area contributed by atoms with E-state index >= 15 is 0 Å². The number of likely N-dealkylation sites (tertiary alicyclic amines) is 1. The van der Waals surface area contributed by atoms with Crippen molar-refractivity contribution in [3.8, 4) is 0 Å². The van der Waals surface area contributed by atoms with E-state index in [1.165, 1.54) is 0 Å². The fourth-order valence-electron chi connectivity index (χ4n) is 3.19. The van der Waals surface area contributed by atoms with Gasteiger partial charge >= 0.3 is 6.09 Å². The molecular weight excluding hydrogens is 344 g/mol. The summed E-state index contributed by atoms with van der Waals surface area (Å²) in [5, 5.41) is 13.0. The first-order valence-electron chi connectivity index (χ1n) is 9.14. The first-order chi connectivity index (χ1) is 13.1. The molecule has 2 N–H and O–H groups in total. The van der Waals surface area contributed by atoms with E-state index in [9.17, 15) is 14.7 Å².